The fraction of sp³-hybridized carbons (Fsp3) is 1.00. The molecular weight excluding hydrogens is 161 g/mol. The van der Waals surface area contributed by atoms with E-state index in [9.17, 15) is 13.2 Å². The summed E-state index contributed by atoms with van der Waals surface area (Å²) in [5, 5.41) is 16.7. The van der Waals surface area contributed by atoms with Crippen molar-refractivity contribution in [2.45, 2.75) is 26.3 Å². The first-order chi connectivity index (χ1) is 4.76. The summed E-state index contributed by atoms with van der Waals surface area (Å²) in [7, 11) is 0. The van der Waals surface area contributed by atoms with Crippen LogP contribution >= 0.6 is 0 Å². The largest absolute Gasteiger partial charge is 0.396 e. The molecule has 0 bridgehead atoms. The first kappa shape index (κ1) is 10.7. The average molecular weight is 172 g/mol. The summed E-state index contributed by atoms with van der Waals surface area (Å²) >= 11 is 0. The maximum absolute atomic E-state index is 11.9. The molecule has 5 heteroatoms. The van der Waals surface area contributed by atoms with Crippen molar-refractivity contribution in [3.63, 3.8) is 0 Å². The number of hydrogen-bond donors (Lipinski definition) is 2. The summed E-state index contributed by atoms with van der Waals surface area (Å²) in [6, 6.07) is 0. The molecule has 0 rings (SSSR count). The Morgan fingerprint density at radius 3 is 1.45 bits per heavy atom. The molecule has 0 fully saturated rings. The fourth-order valence-corrected chi connectivity index (χ4v) is 0.891. The molecule has 1 unspecified atom stereocenters. The quantitative estimate of drug-likeness (QED) is 0.613. The molecule has 0 aromatic heterocycles. The van der Waals surface area contributed by atoms with Gasteiger partial charge in [-0.3, -0.25) is 0 Å². The van der Waals surface area contributed by atoms with Gasteiger partial charge in [-0.1, -0.05) is 13.8 Å². The predicted octanol–water partition coefficient (Wildman–Crippen LogP) is 1.13. The zero-order valence-corrected chi connectivity index (χ0v) is 6.26. The molecular formula is C6H11F3O2. The van der Waals surface area contributed by atoms with E-state index in [1.807, 2.05) is 0 Å². The van der Waals surface area contributed by atoms with Gasteiger partial charge in [0.15, 0.2) is 6.29 Å². The monoisotopic (exact) mass is 172 g/mol. The molecule has 0 aromatic rings. The van der Waals surface area contributed by atoms with Crippen molar-refractivity contribution >= 4 is 0 Å². The zero-order valence-electron chi connectivity index (χ0n) is 6.26. The van der Waals surface area contributed by atoms with Gasteiger partial charge in [0.2, 0.25) is 0 Å². The van der Waals surface area contributed by atoms with E-state index in [1.54, 1.807) is 0 Å². The Kier molecular flexibility index (Phi) is 3.31. The van der Waals surface area contributed by atoms with Gasteiger partial charge in [-0.05, 0) is 5.92 Å². The summed E-state index contributed by atoms with van der Waals surface area (Å²) in [4.78, 5) is 0. The van der Waals surface area contributed by atoms with Gasteiger partial charge >= 0.3 is 6.18 Å². The van der Waals surface area contributed by atoms with Crippen LogP contribution in [-0.2, 0) is 0 Å². The standard InChI is InChI=1S/C6H11F3O2/c1-3(2)4(5(10)11)6(7,8)9/h3-5,10-11H,1-2H3. The van der Waals surface area contributed by atoms with Gasteiger partial charge in [-0.15, -0.1) is 0 Å². The maximum Gasteiger partial charge on any atom is 0.396 e. The predicted molar refractivity (Wildman–Crippen MR) is 32.6 cm³/mol. The Balaban J connectivity index is 4.35. The van der Waals surface area contributed by atoms with Gasteiger partial charge in [0.25, 0.3) is 0 Å². The highest BCUT2D eigenvalue weighted by molar-refractivity contribution is 4.72. The summed E-state index contributed by atoms with van der Waals surface area (Å²) in [5.41, 5.74) is 0. The van der Waals surface area contributed by atoms with Crippen LogP contribution in [0, 0.1) is 11.8 Å². The molecule has 1 atom stereocenters. The van der Waals surface area contributed by atoms with Crippen molar-refractivity contribution in [1.29, 1.82) is 0 Å². The molecule has 0 radical (unpaired) electrons. The van der Waals surface area contributed by atoms with Crippen LogP contribution in [0.15, 0.2) is 0 Å². The fourth-order valence-electron chi connectivity index (χ4n) is 0.891. The van der Waals surface area contributed by atoms with Crippen molar-refractivity contribution in [2.75, 3.05) is 0 Å². The van der Waals surface area contributed by atoms with Crippen LogP contribution in [0.1, 0.15) is 13.8 Å². The van der Waals surface area contributed by atoms with Crippen LogP contribution in [0.2, 0.25) is 0 Å². The van der Waals surface area contributed by atoms with Crippen LogP contribution in [0.4, 0.5) is 13.2 Å². The van der Waals surface area contributed by atoms with Crippen molar-refractivity contribution in [3.05, 3.63) is 0 Å². The Hall–Kier alpha value is -0.290. The van der Waals surface area contributed by atoms with Crippen molar-refractivity contribution in [3.8, 4) is 0 Å². The summed E-state index contributed by atoms with van der Waals surface area (Å²) in [5.74, 6) is -2.88. The minimum Gasteiger partial charge on any atom is -0.368 e. The second-order valence-electron chi connectivity index (χ2n) is 2.73. The molecule has 0 saturated heterocycles. The van der Waals surface area contributed by atoms with Crippen LogP contribution < -0.4 is 0 Å². The second kappa shape index (κ2) is 3.40. The normalized spacial score (nSPS) is 16.1. The van der Waals surface area contributed by atoms with Gasteiger partial charge in [0.1, 0.15) is 5.92 Å². The van der Waals surface area contributed by atoms with Gasteiger partial charge in [-0.2, -0.15) is 13.2 Å². The Labute approximate surface area is 62.6 Å². The van der Waals surface area contributed by atoms with Crippen LogP contribution in [-0.4, -0.2) is 22.7 Å². The van der Waals surface area contributed by atoms with E-state index < -0.39 is 24.3 Å². The number of aliphatic hydroxyl groups is 2. The van der Waals surface area contributed by atoms with Gasteiger partial charge in [-0.25, -0.2) is 0 Å². The van der Waals surface area contributed by atoms with Crippen LogP contribution in [0.25, 0.3) is 0 Å². The lowest BCUT2D eigenvalue weighted by atomic mass is 9.95. The molecule has 0 heterocycles. The van der Waals surface area contributed by atoms with Crippen LogP contribution in [0.5, 0.6) is 0 Å². The summed E-state index contributed by atoms with van der Waals surface area (Å²) in [6.07, 6.45) is -6.86. The van der Waals surface area contributed by atoms with Crippen LogP contribution in [0.3, 0.4) is 0 Å². The average Bonchev–Trinajstić information content (AvgIpc) is 1.54. The molecule has 0 aliphatic heterocycles. The number of alkyl halides is 3. The Bertz CT molecular complexity index is 111. The highest BCUT2D eigenvalue weighted by atomic mass is 19.4. The summed E-state index contributed by atoms with van der Waals surface area (Å²) < 4.78 is 35.7. The zero-order chi connectivity index (χ0) is 9.23. The van der Waals surface area contributed by atoms with E-state index in [2.05, 4.69) is 0 Å². The molecule has 0 saturated carbocycles. The topological polar surface area (TPSA) is 40.5 Å². The molecule has 68 valence electrons. The third-order valence-electron chi connectivity index (χ3n) is 1.42. The van der Waals surface area contributed by atoms with E-state index >= 15 is 0 Å². The molecule has 0 spiro atoms. The minimum absolute atomic E-state index is 0.824. The van der Waals surface area contributed by atoms with E-state index in [0.29, 0.717) is 0 Å². The SMILES string of the molecule is CC(C)C(C(O)O)C(F)(F)F. The van der Waals surface area contributed by atoms with Crippen molar-refractivity contribution < 1.29 is 23.4 Å². The van der Waals surface area contributed by atoms with Crippen molar-refractivity contribution in [2.24, 2.45) is 11.8 Å². The maximum atomic E-state index is 11.9. The van der Waals surface area contributed by atoms with Gasteiger partial charge in [0.05, 0.1) is 0 Å². The number of hydrogen-bond acceptors (Lipinski definition) is 2. The highest BCUT2D eigenvalue weighted by Gasteiger charge is 2.45. The van der Waals surface area contributed by atoms with Gasteiger partial charge < -0.3 is 10.2 Å². The number of rotatable bonds is 2. The number of halogens is 3. The third kappa shape index (κ3) is 3.07. The first-order valence-electron chi connectivity index (χ1n) is 3.19. The Morgan fingerprint density at radius 1 is 1.09 bits per heavy atom. The van der Waals surface area contributed by atoms with E-state index in [4.69, 9.17) is 10.2 Å². The second-order valence-corrected chi connectivity index (χ2v) is 2.73. The molecule has 0 aliphatic carbocycles. The highest BCUT2D eigenvalue weighted by Crippen LogP contribution is 2.33. The lowest BCUT2D eigenvalue weighted by molar-refractivity contribution is -0.250. The lowest BCUT2D eigenvalue weighted by Crippen LogP contribution is -2.37. The third-order valence-corrected chi connectivity index (χ3v) is 1.42. The lowest BCUT2D eigenvalue weighted by Gasteiger charge is -2.24. The Morgan fingerprint density at radius 2 is 1.45 bits per heavy atom. The minimum atomic E-state index is -4.54. The van der Waals surface area contributed by atoms with Gasteiger partial charge in [0, 0.05) is 0 Å². The molecule has 0 aliphatic rings. The smallest absolute Gasteiger partial charge is 0.368 e. The van der Waals surface area contributed by atoms with Crippen molar-refractivity contribution in [1.82, 2.24) is 0 Å². The molecule has 0 amide bonds. The molecule has 11 heavy (non-hydrogen) atoms. The van der Waals surface area contributed by atoms with E-state index in [-0.39, 0.29) is 0 Å². The first-order valence-corrected chi connectivity index (χ1v) is 3.19. The molecule has 0 aromatic carbocycles. The number of aliphatic hydroxyl groups excluding tert-OH is 1. The summed E-state index contributed by atoms with van der Waals surface area (Å²) in [6.45, 7) is 2.58. The molecule has 2 N–H and O–H groups in total. The van der Waals surface area contributed by atoms with E-state index in [0.717, 1.165) is 0 Å². The van der Waals surface area contributed by atoms with E-state index in [1.165, 1.54) is 13.8 Å². The molecule has 2 nitrogen and oxygen atoms in total.